The van der Waals surface area contributed by atoms with Gasteiger partial charge in [-0.3, -0.25) is 4.90 Å². The van der Waals surface area contributed by atoms with Crippen LogP contribution in [0.25, 0.3) is 0 Å². The number of nitrogens with zero attached hydrogens (tertiary/aromatic N) is 3. The fraction of sp³-hybridized carbons (Fsp3) is 0.625. The normalized spacial score (nSPS) is 20.8. The molecule has 24 heavy (non-hydrogen) atoms. The van der Waals surface area contributed by atoms with E-state index < -0.39 is 29.8 Å². The highest BCUT2D eigenvalue weighted by Gasteiger charge is 2.42. The maximum Gasteiger partial charge on any atom is 0.411 e. The van der Waals surface area contributed by atoms with E-state index in [4.69, 9.17) is 9.47 Å². The fourth-order valence-electron chi connectivity index (χ4n) is 2.44. The zero-order chi connectivity index (χ0) is 17.9. The van der Waals surface area contributed by atoms with Gasteiger partial charge in [0.2, 0.25) is 5.88 Å². The van der Waals surface area contributed by atoms with Gasteiger partial charge in [0.05, 0.1) is 6.54 Å². The minimum atomic E-state index is -1.08. The third-order valence-corrected chi connectivity index (χ3v) is 3.52. The molecule has 0 aromatic carbocycles. The van der Waals surface area contributed by atoms with Crippen LogP contribution in [0.3, 0.4) is 0 Å². The Hall–Kier alpha value is -2.38. The van der Waals surface area contributed by atoms with Gasteiger partial charge in [0.25, 0.3) is 0 Å². The van der Waals surface area contributed by atoms with Crippen LogP contribution >= 0.6 is 0 Å². The Labute approximate surface area is 140 Å². The molecule has 1 saturated heterocycles. The molecule has 1 aliphatic heterocycles. The lowest BCUT2D eigenvalue weighted by atomic mass is 10.2. The summed E-state index contributed by atoms with van der Waals surface area (Å²) in [4.78, 5) is 33.0. The summed E-state index contributed by atoms with van der Waals surface area (Å²) in [6, 6.07) is 0.740. The van der Waals surface area contributed by atoms with Crippen LogP contribution in [-0.2, 0) is 16.0 Å². The average Bonchev–Trinajstić information content (AvgIpc) is 2.90. The van der Waals surface area contributed by atoms with Gasteiger partial charge in [-0.1, -0.05) is 6.92 Å². The molecule has 132 valence electrons. The molecule has 1 aromatic rings. The van der Waals surface area contributed by atoms with E-state index in [0.717, 1.165) is 12.1 Å². The second-order valence-corrected chi connectivity index (χ2v) is 6.66. The maximum absolute atomic E-state index is 12.2. The van der Waals surface area contributed by atoms with Crippen LogP contribution in [0.5, 0.6) is 5.88 Å². The van der Waals surface area contributed by atoms with Gasteiger partial charge in [-0.25, -0.2) is 19.6 Å². The van der Waals surface area contributed by atoms with Gasteiger partial charge < -0.3 is 14.6 Å². The van der Waals surface area contributed by atoms with Crippen molar-refractivity contribution < 1.29 is 24.2 Å². The highest BCUT2D eigenvalue weighted by molar-refractivity contribution is 5.81. The Morgan fingerprint density at radius 1 is 1.38 bits per heavy atom. The molecule has 1 aliphatic rings. The number of aryl methyl sites for hydroxylation is 1. The average molecular weight is 337 g/mol. The Morgan fingerprint density at radius 2 is 2.08 bits per heavy atom. The van der Waals surface area contributed by atoms with E-state index in [-0.39, 0.29) is 13.0 Å². The zero-order valence-electron chi connectivity index (χ0n) is 14.4. The Morgan fingerprint density at radius 3 is 2.67 bits per heavy atom. The fourth-order valence-corrected chi connectivity index (χ4v) is 2.44. The van der Waals surface area contributed by atoms with Crippen molar-refractivity contribution in [2.75, 3.05) is 6.54 Å². The summed E-state index contributed by atoms with van der Waals surface area (Å²) in [5, 5.41) is 9.37. The van der Waals surface area contributed by atoms with Crippen LogP contribution in [0.4, 0.5) is 4.79 Å². The van der Waals surface area contributed by atoms with Crippen LogP contribution in [-0.4, -0.2) is 56.3 Å². The number of hydrogen-bond donors (Lipinski definition) is 1. The number of carbonyl (C=O) groups is 2. The van der Waals surface area contributed by atoms with Gasteiger partial charge in [-0.05, 0) is 27.2 Å². The molecule has 2 rings (SSSR count). The number of carboxylic acid groups (broad SMARTS) is 1. The minimum Gasteiger partial charge on any atom is -0.480 e. The largest absolute Gasteiger partial charge is 0.480 e. The van der Waals surface area contributed by atoms with Gasteiger partial charge in [0.15, 0.2) is 0 Å². The summed E-state index contributed by atoms with van der Waals surface area (Å²) in [6.07, 6.45) is 1.21. The van der Waals surface area contributed by atoms with Gasteiger partial charge in [-0.15, -0.1) is 0 Å². The molecule has 1 fully saturated rings. The van der Waals surface area contributed by atoms with Crippen molar-refractivity contribution in [2.45, 2.75) is 58.3 Å². The van der Waals surface area contributed by atoms with Crippen molar-refractivity contribution in [3.63, 3.8) is 0 Å². The van der Waals surface area contributed by atoms with E-state index in [0.29, 0.717) is 5.88 Å². The van der Waals surface area contributed by atoms with Crippen molar-refractivity contribution in [3.8, 4) is 5.88 Å². The number of likely N-dealkylation sites (tertiary alicyclic amines) is 1. The summed E-state index contributed by atoms with van der Waals surface area (Å²) < 4.78 is 11.0. The number of rotatable bonds is 4. The smallest absolute Gasteiger partial charge is 0.411 e. The summed E-state index contributed by atoms with van der Waals surface area (Å²) >= 11 is 0. The first-order valence-electron chi connectivity index (χ1n) is 7.89. The molecule has 2 atom stereocenters. The molecule has 0 spiro atoms. The number of aliphatic carboxylic acids is 1. The summed E-state index contributed by atoms with van der Waals surface area (Å²) in [5.74, 6) is -0.703. The molecule has 0 bridgehead atoms. The number of ether oxygens (including phenoxy) is 2. The number of hydrogen-bond acceptors (Lipinski definition) is 6. The van der Waals surface area contributed by atoms with Crippen molar-refractivity contribution in [1.82, 2.24) is 14.9 Å². The van der Waals surface area contributed by atoms with Crippen molar-refractivity contribution in [2.24, 2.45) is 0 Å². The minimum absolute atomic E-state index is 0.136. The highest BCUT2D eigenvalue weighted by Crippen LogP contribution is 2.24. The molecule has 0 aliphatic carbocycles. The van der Waals surface area contributed by atoms with Crippen LogP contribution in [0.2, 0.25) is 0 Å². The van der Waals surface area contributed by atoms with Crippen LogP contribution in [0.1, 0.15) is 39.8 Å². The van der Waals surface area contributed by atoms with Crippen LogP contribution in [0, 0.1) is 0 Å². The monoisotopic (exact) mass is 337 g/mol. The van der Waals surface area contributed by atoms with Gasteiger partial charge in [-0.2, -0.15) is 0 Å². The predicted molar refractivity (Wildman–Crippen MR) is 84.8 cm³/mol. The molecule has 8 nitrogen and oxygen atoms in total. The van der Waals surface area contributed by atoms with Gasteiger partial charge in [0, 0.05) is 18.2 Å². The summed E-state index contributed by atoms with van der Waals surface area (Å²) in [5.41, 5.74) is 0.138. The second kappa shape index (κ2) is 7.02. The maximum atomic E-state index is 12.2. The lowest BCUT2D eigenvalue weighted by Crippen LogP contribution is -2.43. The van der Waals surface area contributed by atoms with Gasteiger partial charge in [0.1, 0.15) is 24.1 Å². The molecule has 8 heteroatoms. The lowest BCUT2D eigenvalue weighted by Gasteiger charge is -2.26. The Kier molecular flexibility index (Phi) is 5.26. The van der Waals surface area contributed by atoms with Gasteiger partial charge >= 0.3 is 12.1 Å². The molecular weight excluding hydrogens is 314 g/mol. The first-order valence-corrected chi connectivity index (χ1v) is 7.89. The Bertz CT molecular complexity index is 614. The van der Waals surface area contributed by atoms with E-state index in [9.17, 15) is 14.7 Å². The Balaban J connectivity index is 2.08. The first kappa shape index (κ1) is 18.0. The quantitative estimate of drug-likeness (QED) is 0.895. The molecule has 1 amide bonds. The predicted octanol–water partition coefficient (Wildman–Crippen LogP) is 1.88. The standard InChI is InChI=1S/C16H23N3O5/c1-5-10-6-13(18-9-17-10)23-11-7-12(14(20)21)19(8-11)15(22)24-16(2,3)4/h6,9,11-12H,5,7-8H2,1-4H3,(H,20,21)/t11-,12+/m1/s1. The van der Waals surface area contributed by atoms with E-state index >= 15 is 0 Å². The molecule has 0 radical (unpaired) electrons. The van der Waals surface area contributed by atoms with E-state index in [1.54, 1.807) is 26.8 Å². The van der Waals surface area contributed by atoms with Crippen LogP contribution < -0.4 is 4.74 Å². The van der Waals surface area contributed by atoms with Crippen molar-refractivity contribution >= 4 is 12.1 Å². The highest BCUT2D eigenvalue weighted by atomic mass is 16.6. The molecular formula is C16H23N3O5. The summed E-state index contributed by atoms with van der Waals surface area (Å²) in [6.45, 7) is 7.30. The van der Waals surface area contributed by atoms with E-state index in [2.05, 4.69) is 9.97 Å². The zero-order valence-corrected chi connectivity index (χ0v) is 14.4. The second-order valence-electron chi connectivity index (χ2n) is 6.66. The van der Waals surface area contributed by atoms with Crippen molar-refractivity contribution in [3.05, 3.63) is 18.1 Å². The molecule has 1 aromatic heterocycles. The number of aromatic nitrogens is 2. The summed E-state index contributed by atoms with van der Waals surface area (Å²) in [7, 11) is 0. The third kappa shape index (κ3) is 4.56. The van der Waals surface area contributed by atoms with E-state index in [1.807, 2.05) is 6.92 Å². The van der Waals surface area contributed by atoms with Crippen LogP contribution in [0.15, 0.2) is 12.4 Å². The van der Waals surface area contributed by atoms with Crippen molar-refractivity contribution in [1.29, 1.82) is 0 Å². The molecule has 2 heterocycles. The van der Waals surface area contributed by atoms with E-state index in [1.165, 1.54) is 11.2 Å². The third-order valence-electron chi connectivity index (χ3n) is 3.52. The lowest BCUT2D eigenvalue weighted by molar-refractivity contribution is -0.142. The topological polar surface area (TPSA) is 102 Å². The molecule has 1 N–H and O–H groups in total. The SMILES string of the molecule is CCc1cc(O[C@@H]2C[C@@H](C(=O)O)N(C(=O)OC(C)(C)C)C2)ncn1. The number of carboxylic acids is 1. The first-order chi connectivity index (χ1) is 11.2. The molecule has 0 unspecified atom stereocenters. The number of amides is 1. The molecule has 0 saturated carbocycles. The number of carbonyl (C=O) groups excluding carboxylic acids is 1.